The molecule has 0 atom stereocenters. The molecule has 31 heavy (non-hydrogen) atoms. The van der Waals surface area contributed by atoms with Crippen molar-refractivity contribution in [2.75, 3.05) is 23.0 Å². The zero-order chi connectivity index (χ0) is 22.2. The summed E-state index contributed by atoms with van der Waals surface area (Å²) in [6, 6.07) is 7.19. The molecule has 9 nitrogen and oxygen atoms in total. The van der Waals surface area contributed by atoms with Crippen molar-refractivity contribution in [1.82, 2.24) is 19.7 Å². The lowest BCUT2D eigenvalue weighted by atomic mass is 10.3. The number of nitrogens with zero attached hydrogens (tertiary/aromatic N) is 4. The maximum Gasteiger partial charge on any atom is 0.236 e. The molecule has 164 valence electrons. The molecular weight excluding hydrogens is 436 g/mol. The van der Waals surface area contributed by atoms with Crippen molar-refractivity contribution < 1.29 is 14.3 Å². The highest BCUT2D eigenvalue weighted by Gasteiger charge is 2.16. The van der Waals surface area contributed by atoms with Crippen molar-refractivity contribution in [3.05, 3.63) is 41.2 Å². The highest BCUT2D eigenvalue weighted by molar-refractivity contribution is 7.99. The molecule has 0 saturated carbocycles. The number of carbonyl (C=O) groups is 2. The quantitative estimate of drug-likeness (QED) is 0.446. The molecule has 0 spiro atoms. The number of aromatic nitrogens is 4. The zero-order valence-corrected chi connectivity index (χ0v) is 19.2. The molecule has 11 heteroatoms. The minimum absolute atomic E-state index is 0.0825. The van der Waals surface area contributed by atoms with Crippen LogP contribution in [0.25, 0.3) is 0 Å². The molecule has 0 aliphatic carbocycles. The van der Waals surface area contributed by atoms with Gasteiger partial charge in [-0.2, -0.15) is 0 Å². The van der Waals surface area contributed by atoms with E-state index in [-0.39, 0.29) is 24.0 Å². The molecule has 0 unspecified atom stereocenters. The Hall–Kier alpha value is -2.92. The van der Waals surface area contributed by atoms with Gasteiger partial charge in [0.25, 0.3) is 0 Å². The Balaban J connectivity index is 1.55. The first-order chi connectivity index (χ1) is 15.0. The van der Waals surface area contributed by atoms with Crippen LogP contribution < -0.4 is 15.4 Å². The van der Waals surface area contributed by atoms with Crippen LogP contribution in [0.3, 0.4) is 0 Å². The number of thiazole rings is 1. The second-order valence-electron chi connectivity index (χ2n) is 6.46. The Labute approximate surface area is 188 Å². The number of carbonyl (C=O) groups excluding carboxylic acids is 2. The number of hydrogen-bond acceptors (Lipinski definition) is 8. The number of hydrogen-bond donors (Lipinski definition) is 2. The van der Waals surface area contributed by atoms with Crippen LogP contribution in [0, 0.1) is 6.92 Å². The van der Waals surface area contributed by atoms with E-state index in [1.165, 1.54) is 23.1 Å². The number of benzene rings is 1. The third-order valence-electron chi connectivity index (χ3n) is 4.08. The summed E-state index contributed by atoms with van der Waals surface area (Å²) in [5, 5.41) is 16.9. The van der Waals surface area contributed by atoms with Gasteiger partial charge >= 0.3 is 0 Å². The van der Waals surface area contributed by atoms with E-state index in [9.17, 15) is 9.59 Å². The smallest absolute Gasteiger partial charge is 0.236 e. The molecule has 0 aliphatic rings. The van der Waals surface area contributed by atoms with Gasteiger partial charge in [0.05, 0.1) is 24.5 Å². The molecule has 0 radical (unpaired) electrons. The Bertz CT molecular complexity index is 1030. The highest BCUT2D eigenvalue weighted by atomic mass is 32.2. The van der Waals surface area contributed by atoms with Crippen LogP contribution in [0.4, 0.5) is 10.8 Å². The molecule has 0 fully saturated rings. The van der Waals surface area contributed by atoms with E-state index in [2.05, 4.69) is 25.8 Å². The number of ether oxygens (including phenoxy) is 1. The van der Waals surface area contributed by atoms with Crippen molar-refractivity contribution in [2.45, 2.75) is 38.9 Å². The fourth-order valence-corrected chi connectivity index (χ4v) is 4.25. The first-order valence-corrected chi connectivity index (χ1v) is 11.6. The van der Waals surface area contributed by atoms with Crippen LogP contribution in [-0.4, -0.2) is 43.9 Å². The van der Waals surface area contributed by atoms with Gasteiger partial charge in [-0.3, -0.25) is 9.59 Å². The van der Waals surface area contributed by atoms with E-state index >= 15 is 0 Å². The van der Waals surface area contributed by atoms with E-state index in [1.54, 1.807) is 24.3 Å². The first-order valence-electron chi connectivity index (χ1n) is 9.78. The lowest BCUT2D eigenvalue weighted by Crippen LogP contribution is -2.18. The van der Waals surface area contributed by atoms with E-state index in [1.807, 2.05) is 30.7 Å². The lowest BCUT2D eigenvalue weighted by Gasteiger charge is -2.09. The Kier molecular flexibility index (Phi) is 8.01. The number of rotatable bonds is 10. The molecule has 3 rings (SSSR count). The molecule has 0 saturated heterocycles. The Morgan fingerprint density at radius 2 is 1.90 bits per heavy atom. The molecule has 3 aromatic rings. The van der Waals surface area contributed by atoms with Crippen LogP contribution in [-0.2, 0) is 22.6 Å². The van der Waals surface area contributed by atoms with Gasteiger partial charge in [-0.25, -0.2) is 4.98 Å². The molecule has 0 bridgehead atoms. The molecule has 2 N–H and O–H groups in total. The van der Waals surface area contributed by atoms with Gasteiger partial charge in [0, 0.05) is 17.6 Å². The number of amides is 2. The summed E-state index contributed by atoms with van der Waals surface area (Å²) in [4.78, 5) is 28.8. The Morgan fingerprint density at radius 3 is 2.55 bits per heavy atom. The first kappa shape index (κ1) is 22.8. The van der Waals surface area contributed by atoms with Gasteiger partial charge in [0.15, 0.2) is 10.3 Å². The van der Waals surface area contributed by atoms with Gasteiger partial charge in [0.2, 0.25) is 11.8 Å². The largest absolute Gasteiger partial charge is 0.494 e. The average Bonchev–Trinajstić information content (AvgIpc) is 3.33. The normalized spacial score (nSPS) is 10.7. The van der Waals surface area contributed by atoms with Crippen molar-refractivity contribution in [1.29, 1.82) is 0 Å². The summed E-state index contributed by atoms with van der Waals surface area (Å²) in [6.45, 7) is 6.91. The molecule has 2 aromatic heterocycles. The molecule has 0 aliphatic heterocycles. The van der Waals surface area contributed by atoms with Gasteiger partial charge in [-0.05, 0) is 45.0 Å². The van der Waals surface area contributed by atoms with Crippen LogP contribution >= 0.6 is 23.1 Å². The Morgan fingerprint density at radius 1 is 1.13 bits per heavy atom. The number of aryl methyl sites for hydroxylation is 1. The fourth-order valence-electron chi connectivity index (χ4n) is 2.72. The maximum atomic E-state index is 12.4. The minimum atomic E-state index is -0.195. The molecule has 1 aromatic carbocycles. The molecular formula is C20H24N6O3S2. The maximum absolute atomic E-state index is 12.4. The van der Waals surface area contributed by atoms with Gasteiger partial charge < -0.3 is 19.9 Å². The van der Waals surface area contributed by atoms with Gasteiger partial charge in [-0.1, -0.05) is 11.8 Å². The average molecular weight is 461 g/mol. The summed E-state index contributed by atoms with van der Waals surface area (Å²) in [5.74, 6) is 1.11. The van der Waals surface area contributed by atoms with E-state index in [0.29, 0.717) is 35.0 Å². The van der Waals surface area contributed by atoms with Crippen molar-refractivity contribution in [3.63, 3.8) is 0 Å². The van der Waals surface area contributed by atoms with Gasteiger partial charge in [-0.15, -0.1) is 21.5 Å². The number of nitrogens with one attached hydrogen (secondary N) is 2. The predicted molar refractivity (Wildman–Crippen MR) is 122 cm³/mol. The second-order valence-corrected chi connectivity index (χ2v) is 8.26. The third-order valence-corrected chi connectivity index (χ3v) is 5.92. The van der Waals surface area contributed by atoms with Crippen LogP contribution in [0.2, 0.25) is 0 Å². The highest BCUT2D eigenvalue weighted by Crippen LogP contribution is 2.20. The summed E-state index contributed by atoms with van der Waals surface area (Å²) in [5.41, 5.74) is 1.55. The molecule has 2 amide bonds. The SMILES string of the molecule is CCOc1ccc(NC(=O)Cc2nnc(SCC(=O)Nc3nc(C)cs3)n2CC)cc1. The third kappa shape index (κ3) is 6.53. The monoisotopic (exact) mass is 460 g/mol. The predicted octanol–water partition coefficient (Wildman–Crippen LogP) is 3.37. The summed E-state index contributed by atoms with van der Waals surface area (Å²) >= 11 is 2.66. The van der Waals surface area contributed by atoms with Crippen LogP contribution in [0.5, 0.6) is 5.75 Å². The van der Waals surface area contributed by atoms with Gasteiger partial charge in [0.1, 0.15) is 11.6 Å². The van der Waals surface area contributed by atoms with Crippen molar-refractivity contribution in [2.24, 2.45) is 0 Å². The van der Waals surface area contributed by atoms with E-state index in [4.69, 9.17) is 4.74 Å². The minimum Gasteiger partial charge on any atom is -0.494 e. The summed E-state index contributed by atoms with van der Waals surface area (Å²) < 4.78 is 7.24. The van der Waals surface area contributed by atoms with Crippen molar-refractivity contribution >= 4 is 45.7 Å². The zero-order valence-electron chi connectivity index (χ0n) is 17.5. The van der Waals surface area contributed by atoms with Crippen LogP contribution in [0.1, 0.15) is 25.4 Å². The number of anilines is 2. The summed E-state index contributed by atoms with van der Waals surface area (Å²) in [6.07, 6.45) is 0.0825. The second kappa shape index (κ2) is 10.9. The van der Waals surface area contributed by atoms with E-state index in [0.717, 1.165) is 11.4 Å². The fraction of sp³-hybridized carbons (Fsp3) is 0.350. The molecule has 2 heterocycles. The lowest BCUT2D eigenvalue weighted by molar-refractivity contribution is -0.116. The topological polar surface area (TPSA) is 111 Å². The summed E-state index contributed by atoms with van der Waals surface area (Å²) in [7, 11) is 0. The van der Waals surface area contributed by atoms with Crippen LogP contribution in [0.15, 0.2) is 34.8 Å². The number of thioether (sulfide) groups is 1. The van der Waals surface area contributed by atoms with Crippen molar-refractivity contribution in [3.8, 4) is 5.75 Å². The standard InChI is InChI=1S/C20H24N6O3S2/c1-4-26-16(10-17(27)22-14-6-8-15(9-7-14)29-5-2)24-25-20(26)31-12-18(28)23-19-21-13(3)11-30-19/h6-9,11H,4-5,10,12H2,1-3H3,(H,22,27)(H,21,23,28). The van der Waals surface area contributed by atoms with E-state index < -0.39 is 0 Å².